The summed E-state index contributed by atoms with van der Waals surface area (Å²) in [5.74, 6) is -2.26. The number of Topliss-reactive ketones (excluding diaryl/α,β-unsaturated/α-hetero) is 1. The van der Waals surface area contributed by atoms with Crippen molar-refractivity contribution in [2.75, 3.05) is 0 Å². The van der Waals surface area contributed by atoms with Gasteiger partial charge in [-0.2, -0.15) is 0 Å². The van der Waals surface area contributed by atoms with Gasteiger partial charge in [-0.1, -0.05) is 25.1 Å². The predicted molar refractivity (Wildman–Crippen MR) is 47.8 cm³/mol. The van der Waals surface area contributed by atoms with E-state index in [0.717, 1.165) is 12.0 Å². The van der Waals surface area contributed by atoms with E-state index in [-0.39, 0.29) is 5.56 Å². The summed E-state index contributed by atoms with van der Waals surface area (Å²) < 4.78 is 0. The third-order valence-corrected chi connectivity index (χ3v) is 1.79. The van der Waals surface area contributed by atoms with Gasteiger partial charge in [0.2, 0.25) is 0 Å². The molecule has 0 aliphatic heterocycles. The molecule has 0 spiro atoms. The van der Waals surface area contributed by atoms with Crippen molar-refractivity contribution in [3.8, 4) is 0 Å². The molecule has 0 saturated heterocycles. The number of hydrogen-bond acceptors (Lipinski definition) is 2. The molecule has 1 rings (SSSR count). The van der Waals surface area contributed by atoms with Crippen LogP contribution in [0.2, 0.25) is 0 Å². The van der Waals surface area contributed by atoms with Crippen LogP contribution < -0.4 is 0 Å². The average molecular weight is 178 g/mol. The van der Waals surface area contributed by atoms with Crippen LogP contribution in [0.25, 0.3) is 0 Å². The molecule has 13 heavy (non-hydrogen) atoms. The number of carbonyl (C=O) groups is 2. The number of aryl methyl sites for hydroxylation is 1. The van der Waals surface area contributed by atoms with Crippen LogP contribution in [0.4, 0.5) is 0 Å². The Bertz CT molecular complexity index is 342. The van der Waals surface area contributed by atoms with Gasteiger partial charge in [0.15, 0.2) is 0 Å². The number of benzene rings is 1. The Hall–Kier alpha value is -1.64. The molecule has 0 aliphatic rings. The molecular formula is C10H10O3. The lowest BCUT2D eigenvalue weighted by Gasteiger charge is -1.98. The van der Waals surface area contributed by atoms with Crippen LogP contribution >= 0.6 is 0 Å². The van der Waals surface area contributed by atoms with Crippen molar-refractivity contribution in [3.05, 3.63) is 35.4 Å². The van der Waals surface area contributed by atoms with E-state index in [0.29, 0.717) is 0 Å². The number of carbonyl (C=O) groups excluding carboxylic acids is 1. The molecule has 0 radical (unpaired) electrons. The van der Waals surface area contributed by atoms with E-state index < -0.39 is 11.8 Å². The highest BCUT2D eigenvalue weighted by Gasteiger charge is 2.13. The van der Waals surface area contributed by atoms with Gasteiger partial charge < -0.3 is 5.11 Å². The van der Waals surface area contributed by atoms with Crippen molar-refractivity contribution in [2.24, 2.45) is 0 Å². The van der Waals surface area contributed by atoms with Crippen LogP contribution in [0, 0.1) is 0 Å². The third-order valence-electron chi connectivity index (χ3n) is 1.79. The van der Waals surface area contributed by atoms with Gasteiger partial charge in [-0.3, -0.25) is 4.79 Å². The molecule has 3 heteroatoms. The number of ketones is 1. The minimum Gasteiger partial charge on any atom is -0.475 e. The molecule has 0 fully saturated rings. The van der Waals surface area contributed by atoms with Crippen LogP contribution in [0.3, 0.4) is 0 Å². The normalized spacial score (nSPS) is 9.62. The standard InChI is InChI=1S/C10H10O3/c1-2-7-4-3-5-8(6-7)9(11)10(12)13/h3-6H,2H2,1H3,(H,12,13). The Balaban J connectivity index is 3.02. The lowest BCUT2D eigenvalue weighted by Crippen LogP contribution is -2.12. The highest BCUT2D eigenvalue weighted by Crippen LogP contribution is 2.06. The molecule has 1 aromatic carbocycles. The second-order valence-corrected chi connectivity index (χ2v) is 2.69. The fourth-order valence-electron chi connectivity index (χ4n) is 1.06. The summed E-state index contributed by atoms with van der Waals surface area (Å²) in [4.78, 5) is 21.4. The molecule has 0 heterocycles. The molecule has 0 saturated carbocycles. The fourth-order valence-corrected chi connectivity index (χ4v) is 1.06. The van der Waals surface area contributed by atoms with Gasteiger partial charge in [0.25, 0.3) is 5.78 Å². The van der Waals surface area contributed by atoms with Gasteiger partial charge in [-0.05, 0) is 18.1 Å². The second kappa shape index (κ2) is 3.85. The summed E-state index contributed by atoms with van der Waals surface area (Å²) in [7, 11) is 0. The Kier molecular flexibility index (Phi) is 2.80. The highest BCUT2D eigenvalue weighted by molar-refractivity contribution is 6.39. The first-order valence-corrected chi connectivity index (χ1v) is 4.01. The highest BCUT2D eigenvalue weighted by atomic mass is 16.4. The topological polar surface area (TPSA) is 54.4 Å². The third kappa shape index (κ3) is 2.15. The van der Waals surface area contributed by atoms with E-state index in [2.05, 4.69) is 0 Å². The molecule has 0 aromatic heterocycles. The maximum absolute atomic E-state index is 11.0. The Morgan fingerprint density at radius 2 is 2.08 bits per heavy atom. The SMILES string of the molecule is CCc1cccc(C(=O)C(=O)O)c1. The molecule has 0 bridgehead atoms. The summed E-state index contributed by atoms with van der Waals surface area (Å²) in [6, 6.07) is 6.67. The minimum atomic E-state index is -1.41. The number of carboxylic acid groups (broad SMARTS) is 1. The fraction of sp³-hybridized carbons (Fsp3) is 0.200. The quantitative estimate of drug-likeness (QED) is 0.564. The van der Waals surface area contributed by atoms with E-state index >= 15 is 0 Å². The summed E-state index contributed by atoms with van der Waals surface area (Å²) in [5.41, 5.74) is 1.21. The molecule has 0 atom stereocenters. The second-order valence-electron chi connectivity index (χ2n) is 2.69. The van der Waals surface area contributed by atoms with Gasteiger partial charge in [-0.25, -0.2) is 4.79 Å². The van der Waals surface area contributed by atoms with E-state index in [1.807, 2.05) is 13.0 Å². The van der Waals surface area contributed by atoms with Crippen LogP contribution in [0.5, 0.6) is 0 Å². The van der Waals surface area contributed by atoms with Crippen LogP contribution in [-0.4, -0.2) is 16.9 Å². The molecule has 1 N–H and O–H groups in total. The summed E-state index contributed by atoms with van der Waals surface area (Å²) >= 11 is 0. The summed E-state index contributed by atoms with van der Waals surface area (Å²) in [6.45, 7) is 1.95. The van der Waals surface area contributed by atoms with Crippen molar-refractivity contribution in [1.29, 1.82) is 0 Å². The monoisotopic (exact) mass is 178 g/mol. The van der Waals surface area contributed by atoms with E-state index in [1.165, 1.54) is 6.07 Å². The Labute approximate surface area is 76.0 Å². The van der Waals surface area contributed by atoms with Crippen LogP contribution in [0.15, 0.2) is 24.3 Å². The van der Waals surface area contributed by atoms with Crippen molar-refractivity contribution in [3.63, 3.8) is 0 Å². The zero-order chi connectivity index (χ0) is 9.84. The van der Waals surface area contributed by atoms with E-state index in [9.17, 15) is 9.59 Å². The zero-order valence-corrected chi connectivity index (χ0v) is 7.28. The maximum atomic E-state index is 11.0. The van der Waals surface area contributed by atoms with Gasteiger partial charge in [0.05, 0.1) is 0 Å². The largest absolute Gasteiger partial charge is 0.475 e. The molecule has 0 amide bonds. The lowest BCUT2D eigenvalue weighted by molar-refractivity contribution is -0.131. The van der Waals surface area contributed by atoms with Gasteiger partial charge in [0, 0.05) is 5.56 Å². The molecule has 68 valence electrons. The molecular weight excluding hydrogens is 168 g/mol. The number of rotatable bonds is 3. The first-order valence-electron chi connectivity index (χ1n) is 4.01. The summed E-state index contributed by atoms with van der Waals surface area (Å²) in [6.07, 6.45) is 0.792. The first-order chi connectivity index (χ1) is 6.15. The lowest BCUT2D eigenvalue weighted by atomic mass is 10.1. The van der Waals surface area contributed by atoms with Crippen molar-refractivity contribution in [1.82, 2.24) is 0 Å². The van der Waals surface area contributed by atoms with E-state index in [4.69, 9.17) is 5.11 Å². The Morgan fingerprint density at radius 1 is 1.38 bits per heavy atom. The van der Waals surface area contributed by atoms with Crippen molar-refractivity contribution in [2.45, 2.75) is 13.3 Å². The number of carboxylic acids is 1. The zero-order valence-electron chi connectivity index (χ0n) is 7.28. The van der Waals surface area contributed by atoms with Crippen LogP contribution in [0.1, 0.15) is 22.8 Å². The van der Waals surface area contributed by atoms with Gasteiger partial charge in [0.1, 0.15) is 0 Å². The molecule has 0 unspecified atom stereocenters. The van der Waals surface area contributed by atoms with Crippen LogP contribution in [-0.2, 0) is 11.2 Å². The number of hydrogen-bond donors (Lipinski definition) is 1. The molecule has 1 aromatic rings. The molecule has 3 nitrogen and oxygen atoms in total. The molecule has 0 aliphatic carbocycles. The van der Waals surface area contributed by atoms with Crippen molar-refractivity contribution >= 4 is 11.8 Å². The first kappa shape index (κ1) is 9.45. The van der Waals surface area contributed by atoms with E-state index in [1.54, 1.807) is 12.1 Å². The van der Waals surface area contributed by atoms with Crippen molar-refractivity contribution < 1.29 is 14.7 Å². The van der Waals surface area contributed by atoms with Gasteiger partial charge >= 0.3 is 5.97 Å². The minimum absolute atomic E-state index is 0.242. The van der Waals surface area contributed by atoms with Gasteiger partial charge in [-0.15, -0.1) is 0 Å². The number of aliphatic carboxylic acids is 1. The average Bonchev–Trinajstić information content (AvgIpc) is 2.16. The smallest absolute Gasteiger partial charge is 0.377 e. The Morgan fingerprint density at radius 3 is 2.62 bits per heavy atom. The summed E-state index contributed by atoms with van der Waals surface area (Å²) in [5, 5.41) is 8.45. The maximum Gasteiger partial charge on any atom is 0.377 e. The predicted octanol–water partition coefficient (Wildman–Crippen LogP) is 1.52.